The van der Waals surface area contributed by atoms with E-state index in [1.54, 1.807) is 0 Å². The van der Waals surface area contributed by atoms with Gasteiger partial charge in [-0.25, -0.2) is 0 Å². The van der Waals surface area contributed by atoms with Gasteiger partial charge in [-0.2, -0.15) is 9.97 Å². The molecule has 0 unspecified atom stereocenters. The molecule has 5 rings (SSSR count). The maximum absolute atomic E-state index is 6.17. The number of morpholine rings is 1. The Hall–Kier alpha value is -2.20. The number of piperidine rings is 1. The van der Waals surface area contributed by atoms with E-state index in [-0.39, 0.29) is 5.41 Å². The highest BCUT2D eigenvalue weighted by Crippen LogP contribution is 2.35. The summed E-state index contributed by atoms with van der Waals surface area (Å²) in [7, 11) is 0. The number of rotatable bonds is 6. The van der Waals surface area contributed by atoms with Crippen LogP contribution in [0.3, 0.4) is 0 Å². The zero-order chi connectivity index (χ0) is 26.5. The van der Waals surface area contributed by atoms with Gasteiger partial charge in [-0.15, -0.1) is 0 Å². The minimum Gasteiger partial charge on any atom is -0.381 e. The van der Waals surface area contributed by atoms with Crippen LogP contribution in [0.5, 0.6) is 0 Å². The third-order valence-electron chi connectivity index (χ3n) is 7.95. The summed E-state index contributed by atoms with van der Waals surface area (Å²) in [5, 5.41) is 8.04. The van der Waals surface area contributed by atoms with Crippen LogP contribution in [-0.4, -0.2) is 74.2 Å². The van der Waals surface area contributed by atoms with Crippen molar-refractivity contribution in [2.24, 2.45) is 11.8 Å². The van der Waals surface area contributed by atoms with Gasteiger partial charge in [-0.3, -0.25) is 0 Å². The van der Waals surface area contributed by atoms with Gasteiger partial charge in [0, 0.05) is 62.4 Å². The Kier molecular flexibility index (Phi) is 8.88. The number of benzene rings is 1. The topological polar surface area (TPSA) is 74.8 Å². The van der Waals surface area contributed by atoms with E-state index in [9.17, 15) is 0 Å². The second-order valence-corrected chi connectivity index (χ2v) is 11.9. The van der Waals surface area contributed by atoms with E-state index in [2.05, 4.69) is 52.5 Å². The van der Waals surface area contributed by atoms with Crippen LogP contribution in [0, 0.1) is 11.8 Å². The van der Waals surface area contributed by atoms with Crippen molar-refractivity contribution in [2.45, 2.75) is 38.5 Å². The number of ether oxygens (including phenoxy) is 2. The highest BCUT2D eigenvalue weighted by molar-refractivity contribution is 7.80. The Morgan fingerprint density at radius 1 is 0.974 bits per heavy atom. The molecule has 2 aromatic rings. The fraction of sp³-hybridized carbons (Fsp3) is 0.607. The van der Waals surface area contributed by atoms with Crippen LogP contribution in [0.15, 0.2) is 30.3 Å². The summed E-state index contributed by atoms with van der Waals surface area (Å²) in [6.07, 6.45) is 3.09. The first-order chi connectivity index (χ1) is 18.4. The molecule has 0 bridgehead atoms. The lowest BCUT2D eigenvalue weighted by molar-refractivity contribution is 0.0515. The summed E-state index contributed by atoms with van der Waals surface area (Å²) < 4.78 is 11.3. The first-order valence-corrected chi connectivity index (χ1v) is 14.5. The summed E-state index contributed by atoms with van der Waals surface area (Å²) >= 11 is 11.9. The highest BCUT2D eigenvalue weighted by atomic mass is 35.5. The van der Waals surface area contributed by atoms with E-state index >= 15 is 0 Å². The van der Waals surface area contributed by atoms with Gasteiger partial charge < -0.3 is 29.9 Å². The van der Waals surface area contributed by atoms with Crippen molar-refractivity contribution in [1.29, 1.82) is 0 Å². The smallest absolute Gasteiger partial charge is 0.232 e. The van der Waals surface area contributed by atoms with Crippen LogP contribution in [0.25, 0.3) is 0 Å². The number of hydrogen-bond acceptors (Lipinski definition) is 7. The number of aromatic nitrogens is 2. The molecule has 3 aliphatic rings. The third-order valence-corrected chi connectivity index (χ3v) is 8.44. The molecule has 2 atom stereocenters. The molecule has 3 saturated heterocycles. The van der Waals surface area contributed by atoms with Crippen molar-refractivity contribution in [3.05, 3.63) is 40.9 Å². The second-order valence-electron chi connectivity index (χ2n) is 11.1. The standard InChI is InChI=1S/C28H39ClN6O2S/c1-20-15-21(2)18-35(17-20)25-16-24(34-9-13-37-14-10-34)31-26(32-25)33-27(38)30-19-28(7-11-36-12-8-28)22-3-5-23(29)6-4-22/h3-6,16,20-21H,7-15,17-19H2,1-2H3,(H2,30,31,32,33,38)/t20-,21-/m0/s1. The van der Waals surface area contributed by atoms with Gasteiger partial charge in [0.2, 0.25) is 5.95 Å². The Balaban J connectivity index is 1.33. The van der Waals surface area contributed by atoms with Gasteiger partial charge in [0.15, 0.2) is 5.11 Å². The van der Waals surface area contributed by atoms with Gasteiger partial charge in [0.1, 0.15) is 11.6 Å². The van der Waals surface area contributed by atoms with Crippen LogP contribution >= 0.6 is 23.8 Å². The lowest BCUT2D eigenvalue weighted by Crippen LogP contribution is -2.45. The lowest BCUT2D eigenvalue weighted by Gasteiger charge is -2.38. The fourth-order valence-corrected chi connectivity index (χ4v) is 6.26. The Labute approximate surface area is 236 Å². The Morgan fingerprint density at radius 3 is 2.24 bits per heavy atom. The fourth-order valence-electron chi connectivity index (χ4n) is 5.97. The molecule has 0 radical (unpaired) electrons. The van der Waals surface area contributed by atoms with E-state index in [4.69, 9.17) is 43.3 Å². The molecule has 0 saturated carbocycles. The number of nitrogens with one attached hydrogen (secondary N) is 2. The summed E-state index contributed by atoms with van der Waals surface area (Å²) in [5.41, 5.74) is 1.18. The maximum Gasteiger partial charge on any atom is 0.232 e. The quantitative estimate of drug-likeness (QED) is 0.499. The predicted molar refractivity (Wildman–Crippen MR) is 158 cm³/mol. The van der Waals surface area contributed by atoms with Crippen molar-refractivity contribution in [1.82, 2.24) is 15.3 Å². The summed E-state index contributed by atoms with van der Waals surface area (Å²) in [4.78, 5) is 14.5. The SMILES string of the molecule is C[C@H]1C[C@H](C)CN(c2cc(N3CCOCC3)nc(NC(=S)NCC3(c4ccc(Cl)cc4)CCOCC3)n2)C1. The van der Waals surface area contributed by atoms with Gasteiger partial charge in [0.05, 0.1) is 13.2 Å². The van der Waals surface area contributed by atoms with Gasteiger partial charge >= 0.3 is 0 Å². The third kappa shape index (κ3) is 6.68. The van der Waals surface area contributed by atoms with Gasteiger partial charge in [-0.05, 0) is 61.0 Å². The number of nitrogens with zero attached hydrogens (tertiary/aromatic N) is 4. The molecule has 0 amide bonds. The second kappa shape index (κ2) is 12.3. The van der Waals surface area contributed by atoms with E-state index < -0.39 is 0 Å². The molecule has 3 aliphatic heterocycles. The summed E-state index contributed by atoms with van der Waals surface area (Å²) in [5.74, 6) is 3.65. The molecule has 10 heteroatoms. The molecule has 0 spiro atoms. The largest absolute Gasteiger partial charge is 0.381 e. The monoisotopic (exact) mass is 558 g/mol. The molecule has 0 aliphatic carbocycles. The number of halogens is 1. The van der Waals surface area contributed by atoms with Crippen LogP contribution < -0.4 is 20.4 Å². The van der Waals surface area contributed by atoms with E-state index in [0.29, 0.717) is 42.7 Å². The highest BCUT2D eigenvalue weighted by Gasteiger charge is 2.34. The number of anilines is 3. The predicted octanol–water partition coefficient (Wildman–Crippen LogP) is 4.48. The molecule has 38 heavy (non-hydrogen) atoms. The van der Waals surface area contributed by atoms with Gasteiger partial charge in [0.25, 0.3) is 0 Å². The number of thiocarbonyl (C=S) groups is 1. The molecule has 4 heterocycles. The molecule has 8 nitrogen and oxygen atoms in total. The van der Waals surface area contributed by atoms with Crippen LogP contribution in [0.2, 0.25) is 5.02 Å². The van der Waals surface area contributed by atoms with Crippen LogP contribution in [-0.2, 0) is 14.9 Å². The van der Waals surface area contributed by atoms with Crippen LogP contribution in [0.1, 0.15) is 38.7 Å². The van der Waals surface area contributed by atoms with E-state index in [1.165, 1.54) is 12.0 Å². The molecular weight excluding hydrogens is 520 g/mol. The van der Waals surface area contributed by atoms with Crippen LogP contribution in [0.4, 0.5) is 17.6 Å². The average Bonchev–Trinajstić information content (AvgIpc) is 2.92. The zero-order valence-electron chi connectivity index (χ0n) is 22.4. The maximum atomic E-state index is 6.17. The molecule has 1 aromatic heterocycles. The van der Waals surface area contributed by atoms with Crippen molar-refractivity contribution in [2.75, 3.05) is 74.3 Å². The normalized spacial score (nSPS) is 23.7. The first kappa shape index (κ1) is 27.4. The van der Waals surface area contributed by atoms with Gasteiger partial charge in [-0.1, -0.05) is 37.6 Å². The number of hydrogen-bond donors (Lipinski definition) is 2. The average molecular weight is 559 g/mol. The summed E-state index contributed by atoms with van der Waals surface area (Å²) in [6.45, 7) is 11.8. The van der Waals surface area contributed by atoms with Crippen molar-refractivity contribution in [3.63, 3.8) is 0 Å². The zero-order valence-corrected chi connectivity index (χ0v) is 24.0. The molecule has 1 aromatic carbocycles. The molecule has 3 fully saturated rings. The first-order valence-electron chi connectivity index (χ1n) is 13.8. The minimum atomic E-state index is -0.0731. The Bertz CT molecular complexity index is 1080. The molecular formula is C28H39ClN6O2S. The molecule has 206 valence electrons. The molecule has 2 N–H and O–H groups in total. The van der Waals surface area contributed by atoms with Crippen molar-refractivity contribution >= 4 is 46.5 Å². The van der Waals surface area contributed by atoms with E-state index in [0.717, 1.165) is 68.9 Å². The summed E-state index contributed by atoms with van der Waals surface area (Å²) in [6, 6.07) is 10.3. The lowest BCUT2D eigenvalue weighted by atomic mass is 9.74. The van der Waals surface area contributed by atoms with Crippen molar-refractivity contribution < 1.29 is 9.47 Å². The minimum absolute atomic E-state index is 0.0731. The van der Waals surface area contributed by atoms with E-state index in [1.807, 2.05) is 12.1 Å². The Morgan fingerprint density at radius 2 is 1.58 bits per heavy atom. The van der Waals surface area contributed by atoms with Crippen molar-refractivity contribution in [3.8, 4) is 0 Å².